The van der Waals surface area contributed by atoms with Crippen LogP contribution in [0.25, 0.3) is 10.8 Å². The van der Waals surface area contributed by atoms with Gasteiger partial charge >= 0.3 is 58.2 Å². The zero-order chi connectivity index (χ0) is 13.3. The smallest absolute Gasteiger partial charge is 0.491 e. The van der Waals surface area contributed by atoms with Crippen LogP contribution in [-0.2, 0) is 6.42 Å². The number of benzene rings is 2. The summed E-state index contributed by atoms with van der Waals surface area (Å²) < 4.78 is 46.4. The second kappa shape index (κ2) is 7.20. The molecule has 0 heterocycles. The summed E-state index contributed by atoms with van der Waals surface area (Å²) in [4.78, 5) is 0. The van der Waals surface area contributed by atoms with Crippen molar-refractivity contribution in [2.24, 2.45) is 0 Å². The molecule has 0 fully saturated rings. The number of ether oxygens (including phenoxy) is 1. The van der Waals surface area contributed by atoms with E-state index in [-0.39, 0.29) is 93.3 Å². The summed E-state index contributed by atoms with van der Waals surface area (Å²) in [6, 6.07) is 4.34. The molecule has 1 nitrogen and oxygen atoms in total. The Labute approximate surface area is 158 Å². The van der Waals surface area contributed by atoms with Crippen molar-refractivity contribution in [2.45, 2.75) is 13.3 Å². The monoisotopic (exact) mass is 338 g/mol. The maximum absolute atomic E-state index is 13.9. The Morgan fingerprint density at radius 1 is 1.11 bits per heavy atom. The molecule has 0 amide bonds. The van der Waals surface area contributed by atoms with E-state index in [1.807, 2.05) is 0 Å². The Bertz CT molecular complexity index is 599. The molecule has 0 aliphatic heterocycles. The van der Waals surface area contributed by atoms with Gasteiger partial charge in [-0.1, -0.05) is 12.1 Å². The minimum absolute atomic E-state index is 0. The molecule has 0 bridgehead atoms. The summed E-state index contributed by atoms with van der Waals surface area (Å²) in [5.74, 6) is -3.35. The maximum Gasteiger partial charge on any atom is 1.00 e. The van der Waals surface area contributed by atoms with E-state index in [4.69, 9.17) is 4.74 Å². The van der Waals surface area contributed by atoms with Gasteiger partial charge in [0, 0.05) is 0 Å². The van der Waals surface area contributed by atoms with Crippen molar-refractivity contribution in [2.75, 3.05) is 6.61 Å². The SMILES string of the molecule is [CH2-]Cc1ccc2cc(OCC)c(F)c(F)c2c1F.[Rb+]. The van der Waals surface area contributed by atoms with Crippen LogP contribution in [0.1, 0.15) is 12.5 Å². The standard InChI is InChI=1S/C14H12F3O.Rb/c1-3-8-5-6-9-7-10(18-4-2)13(16)14(17)11(9)12(8)15;/h5-7H,1,3-4H2,2H3;/q-1;+1. The van der Waals surface area contributed by atoms with Crippen molar-refractivity contribution >= 4 is 10.8 Å². The van der Waals surface area contributed by atoms with E-state index in [1.165, 1.54) is 18.2 Å². The van der Waals surface area contributed by atoms with E-state index < -0.39 is 17.5 Å². The molecular weight excluding hydrogens is 327 g/mol. The molecule has 2 rings (SSSR count). The van der Waals surface area contributed by atoms with Crippen molar-refractivity contribution in [3.8, 4) is 5.75 Å². The van der Waals surface area contributed by atoms with Gasteiger partial charge in [-0.2, -0.15) is 10.8 Å². The van der Waals surface area contributed by atoms with Gasteiger partial charge in [-0.25, -0.2) is 8.78 Å². The molecule has 96 valence electrons. The predicted molar refractivity (Wildman–Crippen MR) is 64.1 cm³/mol. The fourth-order valence-electron chi connectivity index (χ4n) is 1.85. The van der Waals surface area contributed by atoms with E-state index >= 15 is 0 Å². The summed E-state index contributed by atoms with van der Waals surface area (Å²) in [5.41, 5.74) is 0.255. The van der Waals surface area contributed by atoms with Gasteiger partial charge in [0.15, 0.2) is 11.6 Å². The molecule has 2 aromatic rings. The Morgan fingerprint density at radius 2 is 1.79 bits per heavy atom. The summed E-state index contributed by atoms with van der Waals surface area (Å²) >= 11 is 0. The fourth-order valence-corrected chi connectivity index (χ4v) is 1.85. The average Bonchev–Trinajstić information content (AvgIpc) is 2.36. The van der Waals surface area contributed by atoms with Gasteiger partial charge in [0.1, 0.15) is 5.82 Å². The molecule has 0 unspecified atom stereocenters. The van der Waals surface area contributed by atoms with E-state index in [2.05, 4.69) is 6.92 Å². The summed E-state index contributed by atoms with van der Waals surface area (Å²) in [6.45, 7) is 5.41. The van der Waals surface area contributed by atoms with Crippen molar-refractivity contribution < 1.29 is 76.1 Å². The summed E-state index contributed by atoms with van der Waals surface area (Å²) in [6.07, 6.45) is 0.177. The topological polar surface area (TPSA) is 9.23 Å². The molecule has 0 atom stereocenters. The van der Waals surface area contributed by atoms with Crippen molar-refractivity contribution in [1.29, 1.82) is 0 Å². The first-order valence-electron chi connectivity index (χ1n) is 5.61. The number of hydrogen-bond donors (Lipinski definition) is 0. The Balaban J connectivity index is 0.00000180. The molecule has 5 heteroatoms. The van der Waals surface area contributed by atoms with Crippen LogP contribution in [0.15, 0.2) is 18.2 Å². The molecule has 2 aromatic carbocycles. The van der Waals surface area contributed by atoms with Crippen molar-refractivity contribution in [3.05, 3.63) is 48.1 Å². The Morgan fingerprint density at radius 3 is 2.37 bits per heavy atom. The molecule has 0 aliphatic carbocycles. The van der Waals surface area contributed by atoms with E-state index in [1.54, 1.807) is 6.92 Å². The quantitative estimate of drug-likeness (QED) is 0.760. The molecule has 0 saturated heterocycles. The normalized spacial score (nSPS) is 10.4. The van der Waals surface area contributed by atoms with Crippen LogP contribution in [-0.4, -0.2) is 6.61 Å². The zero-order valence-corrected chi connectivity index (χ0v) is 15.8. The molecule has 19 heavy (non-hydrogen) atoms. The third-order valence-corrected chi connectivity index (χ3v) is 2.74. The van der Waals surface area contributed by atoms with Crippen LogP contribution in [0.2, 0.25) is 0 Å². The largest absolute Gasteiger partial charge is 1.00 e. The first-order valence-corrected chi connectivity index (χ1v) is 5.61. The van der Waals surface area contributed by atoms with Gasteiger partial charge in [0.05, 0.1) is 12.0 Å². The van der Waals surface area contributed by atoms with E-state index in [0.29, 0.717) is 0 Å². The molecule has 0 radical (unpaired) electrons. The van der Waals surface area contributed by atoms with Crippen LogP contribution in [0, 0.1) is 24.4 Å². The maximum atomic E-state index is 13.9. The van der Waals surface area contributed by atoms with Crippen molar-refractivity contribution in [1.82, 2.24) is 0 Å². The Kier molecular flexibility index (Phi) is 6.50. The molecular formula is C14H12F3ORb. The Hall–Kier alpha value is 0.0952. The third-order valence-electron chi connectivity index (χ3n) is 2.74. The molecule has 0 N–H and O–H groups in total. The minimum atomic E-state index is -1.22. The number of hydrogen-bond acceptors (Lipinski definition) is 1. The van der Waals surface area contributed by atoms with Gasteiger partial charge in [-0.15, -0.1) is 0 Å². The summed E-state index contributed by atoms with van der Waals surface area (Å²) in [5, 5.41) is -0.0795. The second-order valence-corrected chi connectivity index (χ2v) is 3.82. The van der Waals surface area contributed by atoms with Gasteiger partial charge in [0.2, 0.25) is 5.82 Å². The van der Waals surface area contributed by atoms with Crippen molar-refractivity contribution in [3.63, 3.8) is 0 Å². The van der Waals surface area contributed by atoms with Gasteiger partial charge < -0.3 is 11.7 Å². The van der Waals surface area contributed by atoms with Crippen LogP contribution >= 0.6 is 0 Å². The molecule has 0 aliphatic rings. The van der Waals surface area contributed by atoms with Gasteiger partial charge in [0.25, 0.3) is 0 Å². The third kappa shape index (κ3) is 3.23. The minimum Gasteiger partial charge on any atom is -0.491 e. The predicted octanol–water partition coefficient (Wildman–Crippen LogP) is 1.04. The molecule has 0 saturated carbocycles. The molecule has 0 aromatic heterocycles. The fraction of sp³-hybridized carbons (Fsp3) is 0.214. The van der Waals surface area contributed by atoms with E-state index in [9.17, 15) is 13.2 Å². The van der Waals surface area contributed by atoms with Crippen LogP contribution < -0.4 is 62.9 Å². The number of rotatable bonds is 3. The second-order valence-electron chi connectivity index (χ2n) is 3.82. The van der Waals surface area contributed by atoms with Crippen LogP contribution in [0.5, 0.6) is 5.75 Å². The first kappa shape index (κ1) is 17.1. The van der Waals surface area contributed by atoms with Crippen LogP contribution in [0.4, 0.5) is 13.2 Å². The number of halogens is 3. The number of fused-ring (bicyclic) bond motifs is 1. The summed E-state index contributed by atoms with van der Waals surface area (Å²) in [7, 11) is 0. The zero-order valence-electron chi connectivity index (χ0n) is 10.9. The average molecular weight is 339 g/mol. The molecule has 0 spiro atoms. The van der Waals surface area contributed by atoms with Crippen LogP contribution in [0.3, 0.4) is 0 Å². The van der Waals surface area contributed by atoms with Gasteiger partial charge in [-0.05, 0) is 23.9 Å². The van der Waals surface area contributed by atoms with E-state index in [0.717, 1.165) is 0 Å². The van der Waals surface area contributed by atoms with Gasteiger partial charge in [-0.3, -0.25) is 0 Å². The first-order chi connectivity index (χ1) is 8.60.